The Hall–Kier alpha value is -4.20. The normalized spacial score (nSPS) is 16.5. The van der Waals surface area contributed by atoms with Gasteiger partial charge in [-0.15, -0.1) is 0 Å². The van der Waals surface area contributed by atoms with Crippen LogP contribution in [-0.2, 0) is 0 Å². The maximum absolute atomic E-state index is 14.5. The lowest BCUT2D eigenvalue weighted by Crippen LogP contribution is -2.38. The van der Waals surface area contributed by atoms with Crippen LogP contribution in [0.25, 0.3) is 5.52 Å². The van der Waals surface area contributed by atoms with Gasteiger partial charge in [0.05, 0.1) is 18.8 Å². The highest BCUT2D eigenvalue weighted by molar-refractivity contribution is 5.53. The molecule has 8 heteroatoms. The van der Waals surface area contributed by atoms with Crippen LogP contribution in [-0.4, -0.2) is 33.2 Å². The minimum absolute atomic E-state index is 0.198. The lowest BCUT2D eigenvalue weighted by molar-refractivity contribution is 0.414. The van der Waals surface area contributed by atoms with E-state index in [4.69, 9.17) is 19.8 Å². The van der Waals surface area contributed by atoms with Gasteiger partial charge in [-0.1, -0.05) is 32.1 Å². The number of halogens is 1. The second-order valence-electron chi connectivity index (χ2n) is 9.54. The van der Waals surface area contributed by atoms with Crippen molar-refractivity contribution >= 4 is 11.5 Å². The minimum Gasteiger partial charge on any atom is -0.497 e. The van der Waals surface area contributed by atoms with Crippen molar-refractivity contribution in [2.45, 2.75) is 45.1 Å². The quantitative estimate of drug-likeness (QED) is 0.290. The number of methoxy groups -OCH3 is 1. The van der Waals surface area contributed by atoms with Crippen molar-refractivity contribution in [1.29, 1.82) is 0 Å². The van der Waals surface area contributed by atoms with E-state index in [0.29, 0.717) is 18.0 Å². The standard InChI is InChI=1S/C30H33FN6O/c1-5-8-24(21-10-12-23(38-4)13-11-21)22-18-33-30(34-19-22)36-16-14-26(32-6-2)20(3)29(36)27-17-28-25(31)9-7-15-37(28)35-27/h6-7,9-13,15,17-19,24,29,32H,2,5,8,14,16H2,1,3-4H3. The summed E-state index contributed by atoms with van der Waals surface area (Å²) in [5.41, 5.74) is 5.63. The highest BCUT2D eigenvalue weighted by Crippen LogP contribution is 2.37. The summed E-state index contributed by atoms with van der Waals surface area (Å²) < 4.78 is 21.4. The Kier molecular flexibility index (Phi) is 7.40. The number of fused-ring (bicyclic) bond motifs is 1. The molecule has 2 atom stereocenters. The molecule has 3 aromatic heterocycles. The van der Waals surface area contributed by atoms with Crippen LogP contribution in [0.5, 0.6) is 5.75 Å². The van der Waals surface area contributed by atoms with E-state index < -0.39 is 0 Å². The van der Waals surface area contributed by atoms with Gasteiger partial charge in [0.2, 0.25) is 5.95 Å². The van der Waals surface area contributed by atoms with E-state index in [1.807, 2.05) is 30.6 Å². The summed E-state index contributed by atoms with van der Waals surface area (Å²) in [4.78, 5) is 11.8. The first-order valence-electron chi connectivity index (χ1n) is 13.0. The Labute approximate surface area is 222 Å². The van der Waals surface area contributed by atoms with Gasteiger partial charge in [-0.2, -0.15) is 5.10 Å². The van der Waals surface area contributed by atoms with E-state index >= 15 is 0 Å². The van der Waals surface area contributed by atoms with Crippen LogP contribution in [0.2, 0.25) is 0 Å². The summed E-state index contributed by atoms with van der Waals surface area (Å²) in [6.45, 7) is 8.77. The Morgan fingerprint density at radius 3 is 2.61 bits per heavy atom. The molecule has 0 aliphatic carbocycles. The topological polar surface area (TPSA) is 67.6 Å². The number of pyridine rings is 1. The van der Waals surface area contributed by atoms with Gasteiger partial charge >= 0.3 is 0 Å². The zero-order valence-corrected chi connectivity index (χ0v) is 22.1. The fourth-order valence-corrected chi connectivity index (χ4v) is 5.31. The summed E-state index contributed by atoms with van der Waals surface area (Å²) in [6.07, 6.45) is 10.1. The second kappa shape index (κ2) is 11.0. The first-order valence-corrected chi connectivity index (χ1v) is 13.0. The predicted octanol–water partition coefficient (Wildman–Crippen LogP) is 6.16. The fraction of sp³-hybridized carbons (Fsp3) is 0.300. The van der Waals surface area contributed by atoms with Crippen LogP contribution in [0.15, 0.2) is 85.1 Å². The van der Waals surface area contributed by atoms with Crippen LogP contribution >= 0.6 is 0 Å². The Bertz CT molecular complexity index is 1440. The molecule has 1 N–H and O–H groups in total. The van der Waals surface area contributed by atoms with Gasteiger partial charge in [0.15, 0.2) is 0 Å². The lowest BCUT2D eigenvalue weighted by Gasteiger charge is -2.37. The predicted molar refractivity (Wildman–Crippen MR) is 148 cm³/mol. The van der Waals surface area contributed by atoms with E-state index in [1.54, 1.807) is 30.1 Å². The monoisotopic (exact) mass is 512 g/mol. The van der Waals surface area contributed by atoms with E-state index in [2.05, 4.69) is 42.8 Å². The van der Waals surface area contributed by atoms with Crippen molar-refractivity contribution in [3.05, 3.63) is 108 Å². The highest BCUT2D eigenvalue weighted by atomic mass is 19.1. The molecular formula is C30H33FN6O. The van der Waals surface area contributed by atoms with Crippen molar-refractivity contribution in [2.75, 3.05) is 18.6 Å². The van der Waals surface area contributed by atoms with E-state index in [9.17, 15) is 4.39 Å². The zero-order chi connectivity index (χ0) is 26.6. The van der Waals surface area contributed by atoms with Crippen LogP contribution in [0, 0.1) is 5.82 Å². The molecule has 0 bridgehead atoms. The fourth-order valence-electron chi connectivity index (χ4n) is 5.31. The third-order valence-corrected chi connectivity index (χ3v) is 7.24. The number of ether oxygens (including phenoxy) is 1. The van der Waals surface area contributed by atoms with Gasteiger partial charge < -0.3 is 15.0 Å². The molecule has 0 saturated carbocycles. The Morgan fingerprint density at radius 2 is 1.95 bits per heavy atom. The first-order chi connectivity index (χ1) is 18.5. The van der Waals surface area contributed by atoms with Crippen LogP contribution in [0.1, 0.15) is 61.9 Å². The van der Waals surface area contributed by atoms with Crippen molar-refractivity contribution in [1.82, 2.24) is 24.9 Å². The van der Waals surface area contributed by atoms with Crippen LogP contribution in [0.3, 0.4) is 0 Å². The van der Waals surface area contributed by atoms with Crippen molar-refractivity contribution in [3.8, 4) is 5.75 Å². The SMILES string of the molecule is C=CNC1=C(C)C(c2cc3c(F)cccn3n2)N(c2ncc(C(CCC)c3ccc(OC)cc3)cn2)CC1. The maximum Gasteiger partial charge on any atom is 0.226 e. The molecule has 1 aliphatic rings. The Balaban J connectivity index is 1.50. The molecule has 0 spiro atoms. The van der Waals surface area contributed by atoms with Crippen LogP contribution < -0.4 is 15.0 Å². The first kappa shape index (κ1) is 25.4. The molecule has 0 saturated heterocycles. The lowest BCUT2D eigenvalue weighted by atomic mass is 9.89. The van der Waals surface area contributed by atoms with Gasteiger partial charge in [0.1, 0.15) is 17.1 Å². The molecule has 4 aromatic rings. The van der Waals surface area contributed by atoms with Crippen molar-refractivity contribution in [3.63, 3.8) is 0 Å². The van der Waals surface area contributed by atoms with Gasteiger partial charge in [0.25, 0.3) is 0 Å². The molecule has 1 aliphatic heterocycles. The summed E-state index contributed by atoms with van der Waals surface area (Å²) >= 11 is 0. The molecule has 4 heterocycles. The number of hydrogen-bond acceptors (Lipinski definition) is 6. The number of nitrogens with zero attached hydrogens (tertiary/aromatic N) is 5. The number of rotatable bonds is 9. The smallest absolute Gasteiger partial charge is 0.226 e. The largest absolute Gasteiger partial charge is 0.497 e. The zero-order valence-electron chi connectivity index (χ0n) is 22.1. The number of anilines is 1. The molecule has 0 amide bonds. The Morgan fingerprint density at radius 1 is 1.18 bits per heavy atom. The number of benzene rings is 1. The molecule has 2 unspecified atom stereocenters. The van der Waals surface area contributed by atoms with Crippen molar-refractivity contribution in [2.24, 2.45) is 0 Å². The summed E-state index contributed by atoms with van der Waals surface area (Å²) in [5, 5.41) is 8.00. The summed E-state index contributed by atoms with van der Waals surface area (Å²) in [6, 6.07) is 12.9. The number of aromatic nitrogens is 4. The average molecular weight is 513 g/mol. The summed E-state index contributed by atoms with van der Waals surface area (Å²) in [7, 11) is 1.68. The molecule has 196 valence electrons. The van der Waals surface area contributed by atoms with Gasteiger partial charge in [-0.25, -0.2) is 18.9 Å². The van der Waals surface area contributed by atoms with Crippen LogP contribution in [0.4, 0.5) is 10.3 Å². The van der Waals surface area contributed by atoms with E-state index in [0.717, 1.165) is 47.5 Å². The maximum atomic E-state index is 14.5. The van der Waals surface area contributed by atoms with Gasteiger partial charge in [-0.3, -0.25) is 0 Å². The minimum atomic E-state index is -0.305. The van der Waals surface area contributed by atoms with E-state index in [-0.39, 0.29) is 17.8 Å². The average Bonchev–Trinajstić information content (AvgIpc) is 3.38. The molecule has 0 radical (unpaired) electrons. The third-order valence-electron chi connectivity index (χ3n) is 7.24. The molecule has 5 rings (SSSR count). The van der Waals surface area contributed by atoms with Gasteiger partial charge in [-0.05, 0) is 66.6 Å². The van der Waals surface area contributed by atoms with E-state index in [1.165, 1.54) is 11.6 Å². The molecule has 0 fully saturated rings. The number of hydrogen-bond donors (Lipinski definition) is 1. The molecular weight excluding hydrogens is 479 g/mol. The second-order valence-corrected chi connectivity index (χ2v) is 9.54. The summed E-state index contributed by atoms with van der Waals surface area (Å²) in [5.74, 6) is 1.36. The third kappa shape index (κ3) is 4.86. The van der Waals surface area contributed by atoms with Gasteiger partial charge in [0, 0.05) is 43.2 Å². The molecule has 7 nitrogen and oxygen atoms in total. The highest BCUT2D eigenvalue weighted by Gasteiger charge is 2.32. The molecule has 1 aromatic carbocycles. The molecule has 38 heavy (non-hydrogen) atoms. The van der Waals surface area contributed by atoms with Crippen molar-refractivity contribution < 1.29 is 9.13 Å². The number of nitrogens with one attached hydrogen (secondary N) is 1.